The molecular weight excluding hydrogens is 265 g/mol. The van der Waals surface area contributed by atoms with Crippen molar-refractivity contribution in [3.8, 4) is 0 Å². The SMILES string of the molecule is C=C(Cl)CN1CCC(C(O)c2ccc(F)cc2)CC1. The van der Waals surface area contributed by atoms with Gasteiger partial charge >= 0.3 is 0 Å². The van der Waals surface area contributed by atoms with E-state index in [1.165, 1.54) is 12.1 Å². The summed E-state index contributed by atoms with van der Waals surface area (Å²) in [5.41, 5.74) is 0.793. The van der Waals surface area contributed by atoms with Crippen LogP contribution in [-0.4, -0.2) is 29.6 Å². The summed E-state index contributed by atoms with van der Waals surface area (Å²) in [7, 11) is 0. The first kappa shape index (κ1) is 14.5. The normalized spacial score (nSPS) is 19.3. The number of likely N-dealkylation sites (tertiary alicyclic amines) is 1. The Morgan fingerprint density at radius 1 is 1.37 bits per heavy atom. The number of hydrogen-bond acceptors (Lipinski definition) is 2. The van der Waals surface area contributed by atoms with Crippen molar-refractivity contribution in [2.24, 2.45) is 5.92 Å². The summed E-state index contributed by atoms with van der Waals surface area (Å²) in [6.45, 7) is 6.23. The van der Waals surface area contributed by atoms with Crippen LogP contribution in [0.25, 0.3) is 0 Å². The van der Waals surface area contributed by atoms with Crippen molar-refractivity contribution in [2.75, 3.05) is 19.6 Å². The van der Waals surface area contributed by atoms with Crippen molar-refractivity contribution >= 4 is 11.6 Å². The van der Waals surface area contributed by atoms with E-state index >= 15 is 0 Å². The van der Waals surface area contributed by atoms with E-state index in [4.69, 9.17) is 11.6 Å². The van der Waals surface area contributed by atoms with Crippen molar-refractivity contribution in [3.05, 3.63) is 47.3 Å². The molecule has 4 heteroatoms. The maximum atomic E-state index is 12.9. The predicted molar refractivity (Wildman–Crippen MR) is 75.5 cm³/mol. The minimum absolute atomic E-state index is 0.227. The summed E-state index contributed by atoms with van der Waals surface area (Å²) in [5.74, 6) is -0.0447. The molecule has 0 radical (unpaired) electrons. The third-order valence-electron chi connectivity index (χ3n) is 3.69. The number of aliphatic hydroxyl groups excluding tert-OH is 1. The second-order valence-corrected chi connectivity index (χ2v) is 5.66. The molecule has 1 aliphatic rings. The smallest absolute Gasteiger partial charge is 0.123 e. The van der Waals surface area contributed by atoms with Crippen LogP contribution in [0.3, 0.4) is 0 Å². The lowest BCUT2D eigenvalue weighted by Crippen LogP contribution is -2.36. The van der Waals surface area contributed by atoms with Gasteiger partial charge in [0.1, 0.15) is 5.82 Å². The summed E-state index contributed by atoms with van der Waals surface area (Å²) < 4.78 is 12.9. The van der Waals surface area contributed by atoms with Gasteiger partial charge in [-0.2, -0.15) is 0 Å². The van der Waals surface area contributed by atoms with Gasteiger partial charge in [0.2, 0.25) is 0 Å². The number of aliphatic hydroxyl groups is 1. The predicted octanol–water partition coefficient (Wildman–Crippen LogP) is 3.32. The highest BCUT2D eigenvalue weighted by atomic mass is 35.5. The van der Waals surface area contributed by atoms with E-state index in [-0.39, 0.29) is 11.7 Å². The molecule has 0 spiro atoms. The molecule has 1 atom stereocenters. The van der Waals surface area contributed by atoms with Gasteiger partial charge in [-0.3, -0.25) is 4.90 Å². The van der Waals surface area contributed by atoms with E-state index in [1.807, 2.05) is 0 Å². The highest BCUT2D eigenvalue weighted by molar-refractivity contribution is 6.29. The van der Waals surface area contributed by atoms with Crippen molar-refractivity contribution < 1.29 is 9.50 Å². The van der Waals surface area contributed by atoms with E-state index in [1.54, 1.807) is 12.1 Å². The van der Waals surface area contributed by atoms with Crippen LogP contribution >= 0.6 is 11.6 Å². The molecule has 1 unspecified atom stereocenters. The standard InChI is InChI=1S/C15H19ClFNO/c1-11(16)10-18-8-6-13(7-9-18)15(19)12-2-4-14(17)5-3-12/h2-5,13,15,19H,1,6-10H2. The van der Waals surface area contributed by atoms with Gasteiger partial charge in [0, 0.05) is 11.6 Å². The fourth-order valence-corrected chi connectivity index (χ4v) is 2.77. The molecule has 1 aliphatic heterocycles. The number of benzene rings is 1. The Morgan fingerprint density at radius 2 is 1.95 bits per heavy atom. The third-order valence-corrected chi connectivity index (χ3v) is 3.80. The van der Waals surface area contributed by atoms with E-state index in [0.29, 0.717) is 11.6 Å². The lowest BCUT2D eigenvalue weighted by molar-refractivity contribution is 0.0618. The van der Waals surface area contributed by atoms with Crippen molar-refractivity contribution in [2.45, 2.75) is 18.9 Å². The van der Waals surface area contributed by atoms with E-state index in [0.717, 1.165) is 31.5 Å². The average Bonchev–Trinajstić information content (AvgIpc) is 2.39. The summed E-state index contributed by atoms with van der Waals surface area (Å²) in [6, 6.07) is 6.11. The molecular formula is C15H19ClFNO. The van der Waals surface area contributed by atoms with Gasteiger partial charge in [-0.25, -0.2) is 4.39 Å². The number of piperidine rings is 1. The molecule has 0 aliphatic carbocycles. The van der Waals surface area contributed by atoms with Crippen LogP contribution in [0.4, 0.5) is 4.39 Å². The number of rotatable bonds is 4. The average molecular weight is 284 g/mol. The van der Waals surface area contributed by atoms with E-state index in [2.05, 4.69) is 11.5 Å². The Balaban J connectivity index is 1.90. The summed E-state index contributed by atoms with van der Waals surface area (Å²) >= 11 is 5.80. The molecule has 1 N–H and O–H groups in total. The van der Waals surface area contributed by atoms with Crippen molar-refractivity contribution in [3.63, 3.8) is 0 Å². The van der Waals surface area contributed by atoms with Crippen LogP contribution in [0.2, 0.25) is 0 Å². The van der Waals surface area contributed by atoms with Gasteiger partial charge in [-0.1, -0.05) is 30.3 Å². The summed E-state index contributed by atoms with van der Waals surface area (Å²) in [5, 5.41) is 11.0. The van der Waals surface area contributed by atoms with Gasteiger partial charge < -0.3 is 5.11 Å². The Labute approximate surface area is 118 Å². The number of halogens is 2. The molecule has 1 heterocycles. The maximum Gasteiger partial charge on any atom is 0.123 e. The molecule has 2 rings (SSSR count). The van der Waals surface area contributed by atoms with Gasteiger partial charge in [-0.05, 0) is 49.5 Å². The zero-order valence-electron chi connectivity index (χ0n) is 10.9. The topological polar surface area (TPSA) is 23.5 Å². The fraction of sp³-hybridized carbons (Fsp3) is 0.467. The first-order chi connectivity index (χ1) is 9.06. The molecule has 1 aromatic carbocycles. The van der Waals surface area contributed by atoms with Crippen LogP contribution in [0.15, 0.2) is 35.9 Å². The second kappa shape index (κ2) is 6.51. The molecule has 1 aromatic rings. The second-order valence-electron chi connectivity index (χ2n) is 5.13. The largest absolute Gasteiger partial charge is 0.388 e. The highest BCUT2D eigenvalue weighted by Crippen LogP contribution is 2.30. The molecule has 19 heavy (non-hydrogen) atoms. The van der Waals surface area contributed by atoms with Crippen LogP contribution in [0.5, 0.6) is 0 Å². The van der Waals surface area contributed by atoms with Crippen molar-refractivity contribution in [1.82, 2.24) is 4.90 Å². The van der Waals surface area contributed by atoms with E-state index in [9.17, 15) is 9.50 Å². The van der Waals surface area contributed by atoms with Crippen LogP contribution in [0.1, 0.15) is 24.5 Å². The first-order valence-electron chi connectivity index (χ1n) is 6.55. The number of nitrogens with zero attached hydrogens (tertiary/aromatic N) is 1. The zero-order chi connectivity index (χ0) is 13.8. The van der Waals surface area contributed by atoms with Crippen LogP contribution < -0.4 is 0 Å². The molecule has 0 aromatic heterocycles. The molecule has 104 valence electrons. The van der Waals surface area contributed by atoms with Gasteiger partial charge in [0.05, 0.1) is 6.10 Å². The fourth-order valence-electron chi connectivity index (χ4n) is 2.60. The Hall–Kier alpha value is -0.900. The Kier molecular flexibility index (Phi) is 4.97. The third kappa shape index (κ3) is 4.03. The van der Waals surface area contributed by atoms with Gasteiger partial charge in [-0.15, -0.1) is 0 Å². The molecule has 1 fully saturated rings. The van der Waals surface area contributed by atoms with Gasteiger partial charge in [0.25, 0.3) is 0 Å². The maximum absolute atomic E-state index is 12.9. The van der Waals surface area contributed by atoms with Gasteiger partial charge in [0.15, 0.2) is 0 Å². The van der Waals surface area contributed by atoms with Crippen molar-refractivity contribution in [1.29, 1.82) is 0 Å². The van der Waals surface area contributed by atoms with Crippen LogP contribution in [-0.2, 0) is 0 Å². The molecule has 0 amide bonds. The van der Waals surface area contributed by atoms with Crippen LogP contribution in [0, 0.1) is 11.7 Å². The molecule has 0 saturated carbocycles. The Morgan fingerprint density at radius 3 is 2.47 bits per heavy atom. The minimum Gasteiger partial charge on any atom is -0.388 e. The molecule has 0 bridgehead atoms. The lowest BCUT2D eigenvalue weighted by Gasteiger charge is -2.34. The number of hydrogen-bond donors (Lipinski definition) is 1. The first-order valence-corrected chi connectivity index (χ1v) is 6.93. The zero-order valence-corrected chi connectivity index (χ0v) is 11.6. The lowest BCUT2D eigenvalue weighted by atomic mass is 9.87. The monoisotopic (exact) mass is 283 g/mol. The highest BCUT2D eigenvalue weighted by Gasteiger charge is 2.26. The summed E-state index contributed by atoms with van der Waals surface area (Å²) in [6.07, 6.45) is 1.33. The molecule has 2 nitrogen and oxygen atoms in total. The molecule has 1 saturated heterocycles. The quantitative estimate of drug-likeness (QED) is 0.916. The van der Waals surface area contributed by atoms with E-state index < -0.39 is 6.10 Å². The minimum atomic E-state index is -0.512. The summed E-state index contributed by atoms with van der Waals surface area (Å²) in [4.78, 5) is 2.24. The Bertz CT molecular complexity index is 426.